The van der Waals surface area contributed by atoms with E-state index in [-0.39, 0.29) is 5.91 Å². The summed E-state index contributed by atoms with van der Waals surface area (Å²) in [6.07, 6.45) is -0.596. The molecule has 164 valence electrons. The average molecular weight is 437 g/mol. The molecule has 1 aliphatic heterocycles. The van der Waals surface area contributed by atoms with Crippen molar-refractivity contribution in [3.8, 4) is 5.75 Å². The van der Waals surface area contributed by atoms with Crippen LogP contribution in [0.4, 0.5) is 5.69 Å². The van der Waals surface area contributed by atoms with E-state index in [1.807, 2.05) is 67.6 Å². The van der Waals surface area contributed by atoms with Crippen molar-refractivity contribution < 1.29 is 14.3 Å². The van der Waals surface area contributed by atoms with Gasteiger partial charge in [0, 0.05) is 11.3 Å². The van der Waals surface area contributed by atoms with Gasteiger partial charge in [-0.05, 0) is 42.0 Å². The second kappa shape index (κ2) is 8.67. The van der Waals surface area contributed by atoms with E-state index in [0.29, 0.717) is 23.5 Å². The number of carbonyl (C=O) groups excluding carboxylic acids is 2. The predicted octanol–water partition coefficient (Wildman–Crippen LogP) is 5.15. The van der Waals surface area contributed by atoms with Gasteiger partial charge in [-0.15, -0.1) is 0 Å². The summed E-state index contributed by atoms with van der Waals surface area (Å²) in [5.41, 5.74) is 5.30. The third-order valence-corrected chi connectivity index (χ3v) is 5.70. The number of nitrogens with one attached hydrogen (secondary N) is 2. The number of hydrogen-bond donors (Lipinski definition) is 2. The molecule has 0 fully saturated rings. The normalized spacial score (nSPS) is 15.0. The number of rotatable bonds is 5. The van der Waals surface area contributed by atoms with Crippen molar-refractivity contribution in [1.82, 2.24) is 10.4 Å². The van der Waals surface area contributed by atoms with Gasteiger partial charge in [-0.2, -0.15) is 0 Å². The van der Waals surface area contributed by atoms with Crippen LogP contribution < -0.4 is 15.5 Å². The van der Waals surface area contributed by atoms with Crippen molar-refractivity contribution in [2.75, 3.05) is 11.9 Å². The van der Waals surface area contributed by atoms with Crippen LogP contribution in [-0.2, 0) is 0 Å². The van der Waals surface area contributed by atoms with E-state index in [4.69, 9.17) is 4.74 Å². The summed E-state index contributed by atoms with van der Waals surface area (Å²) < 4.78 is 5.62. The summed E-state index contributed by atoms with van der Waals surface area (Å²) in [6.45, 7) is 2.29. The summed E-state index contributed by atoms with van der Waals surface area (Å²) in [4.78, 5) is 26.8. The van der Waals surface area contributed by atoms with Crippen LogP contribution in [0.1, 0.15) is 39.4 Å². The van der Waals surface area contributed by atoms with Crippen LogP contribution in [-0.4, -0.2) is 23.4 Å². The van der Waals surface area contributed by atoms with Gasteiger partial charge in [0.15, 0.2) is 0 Å². The zero-order valence-electron chi connectivity index (χ0n) is 18.1. The SMILES string of the molecule is CCOc1ccccc1C(=O)NN1C(=O)c2ccccc2N[C@@H]1c1cccc2ccccc12. The van der Waals surface area contributed by atoms with E-state index in [2.05, 4.69) is 10.7 Å². The second-order valence-corrected chi connectivity index (χ2v) is 7.71. The fourth-order valence-electron chi connectivity index (χ4n) is 4.18. The molecule has 0 saturated heterocycles. The minimum atomic E-state index is -0.596. The fourth-order valence-corrected chi connectivity index (χ4v) is 4.18. The third kappa shape index (κ3) is 3.76. The maximum Gasteiger partial charge on any atom is 0.276 e. The van der Waals surface area contributed by atoms with Crippen LogP contribution in [0.15, 0.2) is 91.0 Å². The number of carbonyl (C=O) groups is 2. The Labute approximate surface area is 191 Å². The van der Waals surface area contributed by atoms with Crippen molar-refractivity contribution in [3.05, 3.63) is 108 Å². The highest BCUT2D eigenvalue weighted by Crippen LogP contribution is 2.35. The molecule has 4 aromatic rings. The van der Waals surface area contributed by atoms with E-state index in [0.717, 1.165) is 22.0 Å². The molecule has 6 nitrogen and oxygen atoms in total. The lowest BCUT2D eigenvalue weighted by Crippen LogP contribution is -2.53. The first-order chi connectivity index (χ1) is 16.2. The molecule has 2 amide bonds. The Balaban J connectivity index is 1.58. The molecule has 0 spiro atoms. The van der Waals surface area contributed by atoms with Crippen LogP contribution in [0.2, 0.25) is 0 Å². The lowest BCUT2D eigenvalue weighted by atomic mass is 9.99. The first-order valence-corrected chi connectivity index (χ1v) is 10.9. The fraction of sp³-hybridized carbons (Fsp3) is 0.111. The maximum atomic E-state index is 13.6. The Hall–Kier alpha value is -4.32. The van der Waals surface area contributed by atoms with Crippen LogP contribution >= 0.6 is 0 Å². The number of para-hydroxylation sites is 2. The van der Waals surface area contributed by atoms with Crippen molar-refractivity contribution >= 4 is 28.3 Å². The number of hydrogen-bond acceptors (Lipinski definition) is 4. The van der Waals surface area contributed by atoms with Gasteiger partial charge in [0.25, 0.3) is 11.8 Å². The summed E-state index contributed by atoms with van der Waals surface area (Å²) >= 11 is 0. The zero-order valence-corrected chi connectivity index (χ0v) is 18.1. The van der Waals surface area contributed by atoms with E-state index < -0.39 is 12.1 Å². The van der Waals surface area contributed by atoms with Gasteiger partial charge in [0.05, 0.1) is 17.7 Å². The zero-order chi connectivity index (χ0) is 22.8. The Bertz CT molecular complexity index is 1350. The molecule has 6 heteroatoms. The molecule has 0 saturated carbocycles. The first kappa shape index (κ1) is 20.6. The minimum absolute atomic E-state index is 0.287. The maximum absolute atomic E-state index is 13.6. The number of benzene rings is 4. The number of nitrogens with zero attached hydrogens (tertiary/aromatic N) is 1. The number of anilines is 1. The molecule has 1 heterocycles. The highest BCUT2D eigenvalue weighted by Gasteiger charge is 2.35. The largest absolute Gasteiger partial charge is 0.493 e. The first-order valence-electron chi connectivity index (χ1n) is 10.9. The van der Waals surface area contributed by atoms with Gasteiger partial charge in [-0.1, -0.05) is 66.7 Å². The van der Waals surface area contributed by atoms with E-state index in [9.17, 15) is 9.59 Å². The molecular formula is C27H23N3O3. The molecule has 2 N–H and O–H groups in total. The number of fused-ring (bicyclic) bond motifs is 2. The average Bonchev–Trinajstić information content (AvgIpc) is 2.86. The molecule has 5 rings (SSSR count). The van der Waals surface area contributed by atoms with Crippen molar-refractivity contribution in [1.29, 1.82) is 0 Å². The third-order valence-electron chi connectivity index (χ3n) is 5.70. The molecule has 1 aliphatic rings. The standard InChI is InChI=1S/C27H23N3O3/c1-2-33-24-17-8-6-14-22(24)26(31)29-30-25(28-23-16-7-5-13-21(23)27(30)32)20-15-9-11-18-10-3-4-12-19(18)20/h3-17,25,28H,2H2,1H3,(H,29,31)/t25-/m0/s1. The molecule has 4 aromatic carbocycles. The Morgan fingerprint density at radius 1 is 0.939 bits per heavy atom. The van der Waals surface area contributed by atoms with Gasteiger partial charge in [-0.25, -0.2) is 5.01 Å². The number of amides is 2. The molecule has 0 aliphatic carbocycles. The summed E-state index contributed by atoms with van der Waals surface area (Å²) in [6, 6.07) is 28.2. The lowest BCUT2D eigenvalue weighted by Gasteiger charge is -2.38. The van der Waals surface area contributed by atoms with E-state index >= 15 is 0 Å². The van der Waals surface area contributed by atoms with Crippen LogP contribution in [0.3, 0.4) is 0 Å². The quantitative estimate of drug-likeness (QED) is 0.453. The summed E-state index contributed by atoms with van der Waals surface area (Å²) in [7, 11) is 0. The van der Waals surface area contributed by atoms with Crippen LogP contribution in [0, 0.1) is 0 Å². The van der Waals surface area contributed by atoms with E-state index in [1.165, 1.54) is 5.01 Å². The van der Waals surface area contributed by atoms with Crippen molar-refractivity contribution in [3.63, 3.8) is 0 Å². The summed E-state index contributed by atoms with van der Waals surface area (Å²) in [5, 5.41) is 6.86. The monoisotopic (exact) mass is 437 g/mol. The van der Waals surface area contributed by atoms with Crippen molar-refractivity contribution in [2.24, 2.45) is 0 Å². The molecular weight excluding hydrogens is 414 g/mol. The van der Waals surface area contributed by atoms with Crippen LogP contribution in [0.25, 0.3) is 10.8 Å². The Morgan fingerprint density at radius 2 is 1.67 bits per heavy atom. The minimum Gasteiger partial charge on any atom is -0.493 e. The summed E-state index contributed by atoms with van der Waals surface area (Å²) in [5.74, 6) is -0.236. The number of hydrazine groups is 1. The molecule has 0 bridgehead atoms. The molecule has 0 radical (unpaired) electrons. The van der Waals surface area contributed by atoms with Crippen molar-refractivity contribution in [2.45, 2.75) is 13.1 Å². The highest BCUT2D eigenvalue weighted by molar-refractivity contribution is 6.05. The highest BCUT2D eigenvalue weighted by atomic mass is 16.5. The van der Waals surface area contributed by atoms with Gasteiger partial charge >= 0.3 is 0 Å². The lowest BCUT2D eigenvalue weighted by molar-refractivity contribution is 0.0491. The number of ether oxygens (including phenoxy) is 1. The molecule has 1 atom stereocenters. The van der Waals surface area contributed by atoms with Crippen LogP contribution in [0.5, 0.6) is 5.75 Å². The predicted molar refractivity (Wildman–Crippen MR) is 128 cm³/mol. The van der Waals surface area contributed by atoms with Gasteiger partial charge in [0.1, 0.15) is 11.9 Å². The van der Waals surface area contributed by atoms with Gasteiger partial charge in [0.2, 0.25) is 0 Å². The smallest absolute Gasteiger partial charge is 0.276 e. The Morgan fingerprint density at radius 3 is 2.55 bits per heavy atom. The van der Waals surface area contributed by atoms with Gasteiger partial charge in [-0.3, -0.25) is 15.0 Å². The topological polar surface area (TPSA) is 70.7 Å². The molecule has 0 unspecified atom stereocenters. The molecule has 33 heavy (non-hydrogen) atoms. The molecule has 0 aromatic heterocycles. The second-order valence-electron chi connectivity index (χ2n) is 7.71. The Kier molecular flexibility index (Phi) is 5.40. The van der Waals surface area contributed by atoms with E-state index in [1.54, 1.807) is 30.3 Å². The van der Waals surface area contributed by atoms with Gasteiger partial charge < -0.3 is 10.1 Å².